The molecule has 0 aromatic heterocycles. The van der Waals surface area contributed by atoms with Crippen LogP contribution in [0.2, 0.25) is 0 Å². The average Bonchev–Trinajstić information content (AvgIpc) is 2.37. The van der Waals surface area contributed by atoms with E-state index in [0.29, 0.717) is 5.78 Å². The van der Waals surface area contributed by atoms with Gasteiger partial charge in [0, 0.05) is 17.9 Å². The van der Waals surface area contributed by atoms with Gasteiger partial charge in [0.25, 0.3) is 0 Å². The van der Waals surface area contributed by atoms with Gasteiger partial charge in [-0.1, -0.05) is 48.0 Å². The summed E-state index contributed by atoms with van der Waals surface area (Å²) in [4.78, 5) is 15.2. The lowest BCUT2D eigenvalue weighted by atomic mass is 9.71. The maximum absolute atomic E-state index is 12.6. The Morgan fingerprint density at radius 2 is 1.62 bits per heavy atom. The molecule has 0 aliphatic heterocycles. The van der Waals surface area contributed by atoms with Crippen molar-refractivity contribution in [1.82, 2.24) is 4.90 Å². The van der Waals surface area contributed by atoms with Crippen LogP contribution in [0, 0.1) is 23.2 Å². The Hall–Kier alpha value is -0.370. The van der Waals surface area contributed by atoms with Gasteiger partial charge in [0.05, 0.1) is 0 Å². The molecule has 1 aliphatic carbocycles. The number of hydrogen-bond acceptors (Lipinski definition) is 2. The van der Waals surface area contributed by atoms with Gasteiger partial charge in [-0.15, -0.1) is 0 Å². The van der Waals surface area contributed by atoms with Crippen molar-refractivity contribution in [3.63, 3.8) is 0 Å². The second-order valence-electron chi connectivity index (χ2n) is 8.50. The van der Waals surface area contributed by atoms with Crippen molar-refractivity contribution in [2.24, 2.45) is 23.2 Å². The molecule has 2 nitrogen and oxygen atoms in total. The molecule has 2 heteroatoms. The van der Waals surface area contributed by atoms with E-state index in [-0.39, 0.29) is 11.3 Å². The minimum Gasteiger partial charge on any atom is -0.303 e. The zero-order chi connectivity index (χ0) is 16.0. The van der Waals surface area contributed by atoms with E-state index >= 15 is 0 Å². The number of carbonyl (C=O) groups is 1. The zero-order valence-corrected chi connectivity index (χ0v) is 15.2. The first kappa shape index (κ1) is 18.7. The smallest absolute Gasteiger partial charge is 0.142 e. The lowest BCUT2D eigenvalue weighted by Gasteiger charge is -2.36. The molecule has 0 bridgehead atoms. The van der Waals surface area contributed by atoms with E-state index in [1.54, 1.807) is 0 Å². The molecule has 0 aromatic rings. The SMILES string of the molecule is CC(C)CCN(CCC(C)C)CC1CCCC(C)(C)C1=O. The third-order valence-corrected chi connectivity index (χ3v) is 4.92. The van der Waals surface area contributed by atoms with Crippen LogP contribution in [0.15, 0.2) is 0 Å². The molecule has 1 saturated carbocycles. The van der Waals surface area contributed by atoms with Crippen LogP contribution in [-0.2, 0) is 4.79 Å². The molecule has 0 heterocycles. The van der Waals surface area contributed by atoms with E-state index in [1.807, 2.05) is 0 Å². The number of nitrogens with zero attached hydrogens (tertiary/aromatic N) is 1. The molecule has 21 heavy (non-hydrogen) atoms. The van der Waals surface area contributed by atoms with Crippen molar-refractivity contribution in [2.45, 2.75) is 73.6 Å². The van der Waals surface area contributed by atoms with Gasteiger partial charge in [-0.2, -0.15) is 0 Å². The van der Waals surface area contributed by atoms with Crippen LogP contribution < -0.4 is 0 Å². The predicted molar refractivity (Wildman–Crippen MR) is 91.5 cm³/mol. The maximum Gasteiger partial charge on any atom is 0.142 e. The molecule has 0 amide bonds. The Kier molecular flexibility index (Phi) is 7.39. The molecular weight excluding hydrogens is 258 g/mol. The van der Waals surface area contributed by atoms with Gasteiger partial charge in [-0.25, -0.2) is 0 Å². The van der Waals surface area contributed by atoms with Crippen LogP contribution in [0.3, 0.4) is 0 Å². The topological polar surface area (TPSA) is 20.3 Å². The fourth-order valence-corrected chi connectivity index (χ4v) is 3.26. The summed E-state index contributed by atoms with van der Waals surface area (Å²) in [6.07, 6.45) is 5.86. The molecule has 0 radical (unpaired) electrons. The van der Waals surface area contributed by atoms with Crippen LogP contribution >= 0.6 is 0 Å². The Morgan fingerprint density at radius 3 is 2.10 bits per heavy atom. The number of ketones is 1. The molecule has 1 unspecified atom stereocenters. The van der Waals surface area contributed by atoms with E-state index in [1.165, 1.54) is 19.3 Å². The monoisotopic (exact) mass is 295 g/mol. The standard InChI is InChI=1S/C19H37NO/c1-15(2)9-12-20(13-10-16(3)4)14-17-8-7-11-19(5,6)18(17)21/h15-17H,7-14H2,1-6H3. The molecule has 0 aromatic carbocycles. The largest absolute Gasteiger partial charge is 0.303 e. The second kappa shape index (κ2) is 8.31. The molecule has 1 aliphatic rings. The fourth-order valence-electron chi connectivity index (χ4n) is 3.26. The average molecular weight is 296 g/mol. The van der Waals surface area contributed by atoms with Crippen LogP contribution in [0.5, 0.6) is 0 Å². The molecule has 0 spiro atoms. The highest BCUT2D eigenvalue weighted by Crippen LogP contribution is 2.35. The van der Waals surface area contributed by atoms with E-state index in [9.17, 15) is 4.79 Å². The minimum absolute atomic E-state index is 0.0926. The summed E-state index contributed by atoms with van der Waals surface area (Å²) in [7, 11) is 0. The van der Waals surface area contributed by atoms with Crippen LogP contribution in [0.25, 0.3) is 0 Å². The van der Waals surface area contributed by atoms with Gasteiger partial charge in [-0.3, -0.25) is 4.79 Å². The van der Waals surface area contributed by atoms with Gasteiger partial charge >= 0.3 is 0 Å². The normalized spacial score (nSPS) is 22.5. The van der Waals surface area contributed by atoms with E-state index in [2.05, 4.69) is 46.4 Å². The predicted octanol–water partition coefficient (Wildman–Crippen LogP) is 4.78. The van der Waals surface area contributed by atoms with Gasteiger partial charge in [0.2, 0.25) is 0 Å². The number of rotatable bonds is 8. The molecular formula is C19H37NO. The van der Waals surface area contributed by atoms with E-state index < -0.39 is 0 Å². The first-order valence-corrected chi connectivity index (χ1v) is 8.99. The Bertz CT molecular complexity index is 308. The molecule has 1 atom stereocenters. The summed E-state index contributed by atoms with van der Waals surface area (Å²) in [6, 6.07) is 0. The summed E-state index contributed by atoms with van der Waals surface area (Å²) in [5.74, 6) is 2.26. The van der Waals surface area contributed by atoms with Gasteiger partial charge in [0.1, 0.15) is 5.78 Å². The van der Waals surface area contributed by atoms with Crippen LogP contribution in [-0.4, -0.2) is 30.3 Å². The summed E-state index contributed by atoms with van der Waals surface area (Å²) in [6.45, 7) is 16.7. The molecule has 1 fully saturated rings. The van der Waals surface area contributed by atoms with Gasteiger partial charge in [0.15, 0.2) is 0 Å². The lowest BCUT2D eigenvalue weighted by Crippen LogP contribution is -2.42. The zero-order valence-electron chi connectivity index (χ0n) is 15.2. The lowest BCUT2D eigenvalue weighted by molar-refractivity contribution is -0.135. The number of hydrogen-bond donors (Lipinski definition) is 0. The molecule has 0 N–H and O–H groups in total. The van der Waals surface area contributed by atoms with Crippen molar-refractivity contribution in [3.8, 4) is 0 Å². The highest BCUT2D eigenvalue weighted by molar-refractivity contribution is 5.87. The van der Waals surface area contributed by atoms with Gasteiger partial charge < -0.3 is 4.90 Å². The molecule has 124 valence electrons. The highest BCUT2D eigenvalue weighted by Gasteiger charge is 2.37. The quantitative estimate of drug-likeness (QED) is 0.642. The first-order chi connectivity index (χ1) is 9.72. The first-order valence-electron chi connectivity index (χ1n) is 8.99. The second-order valence-corrected chi connectivity index (χ2v) is 8.50. The van der Waals surface area contributed by atoms with Crippen LogP contribution in [0.1, 0.15) is 73.6 Å². The van der Waals surface area contributed by atoms with Crippen molar-refractivity contribution in [2.75, 3.05) is 19.6 Å². The third-order valence-electron chi connectivity index (χ3n) is 4.92. The van der Waals surface area contributed by atoms with Gasteiger partial charge in [-0.05, 0) is 50.6 Å². The third kappa shape index (κ3) is 6.50. The number of Topliss-reactive ketones (excluding diaryl/α,β-unsaturated/α-hetero) is 1. The van der Waals surface area contributed by atoms with Crippen molar-refractivity contribution < 1.29 is 4.79 Å². The summed E-state index contributed by atoms with van der Waals surface area (Å²) >= 11 is 0. The molecule has 0 saturated heterocycles. The van der Waals surface area contributed by atoms with Crippen molar-refractivity contribution in [3.05, 3.63) is 0 Å². The Labute approximate surface area is 132 Å². The Morgan fingerprint density at radius 1 is 1.10 bits per heavy atom. The van der Waals surface area contributed by atoms with E-state index in [0.717, 1.165) is 44.3 Å². The fraction of sp³-hybridized carbons (Fsp3) is 0.947. The van der Waals surface area contributed by atoms with Crippen LogP contribution in [0.4, 0.5) is 0 Å². The Balaban J connectivity index is 2.59. The molecule has 1 rings (SSSR count). The summed E-state index contributed by atoms with van der Waals surface area (Å²) < 4.78 is 0. The summed E-state index contributed by atoms with van der Waals surface area (Å²) in [5, 5.41) is 0. The van der Waals surface area contributed by atoms with Crippen molar-refractivity contribution in [1.29, 1.82) is 0 Å². The highest BCUT2D eigenvalue weighted by atomic mass is 16.1. The minimum atomic E-state index is -0.0926. The van der Waals surface area contributed by atoms with E-state index in [4.69, 9.17) is 0 Å². The summed E-state index contributed by atoms with van der Waals surface area (Å²) in [5.41, 5.74) is -0.0926. The number of carbonyl (C=O) groups excluding carboxylic acids is 1. The van der Waals surface area contributed by atoms with Crippen molar-refractivity contribution >= 4 is 5.78 Å². The maximum atomic E-state index is 12.6.